The monoisotopic (exact) mass is 408 g/mol. The van der Waals surface area contributed by atoms with Crippen molar-refractivity contribution in [3.63, 3.8) is 0 Å². The highest BCUT2D eigenvalue weighted by Crippen LogP contribution is 2.19. The standard InChI is InChI=1S/C22H24N4O2S/c1-2-3-7-14-26-16-23-25-22(26)29-15-20(27)17-10-12-19(13-11-17)24-21(28)18-8-5-4-6-9-18/h4-6,8-13,16H,2-3,7,14-15H2,1H3,(H,24,28). The van der Waals surface area contributed by atoms with Gasteiger partial charge in [-0.2, -0.15) is 0 Å². The Hall–Kier alpha value is -2.93. The minimum absolute atomic E-state index is 0.0130. The number of Topliss-reactive ketones (excluding diaryl/α,β-unsaturated/α-hetero) is 1. The van der Waals surface area contributed by atoms with Crippen LogP contribution < -0.4 is 5.32 Å². The molecule has 1 N–H and O–H groups in total. The molecule has 0 atom stereocenters. The number of anilines is 1. The van der Waals surface area contributed by atoms with Gasteiger partial charge in [-0.05, 0) is 42.8 Å². The van der Waals surface area contributed by atoms with Gasteiger partial charge in [0.05, 0.1) is 5.75 Å². The van der Waals surface area contributed by atoms with Crippen LogP contribution in [0.2, 0.25) is 0 Å². The first-order valence-electron chi connectivity index (χ1n) is 9.67. The molecule has 1 aromatic heterocycles. The summed E-state index contributed by atoms with van der Waals surface area (Å²) in [4.78, 5) is 24.7. The second kappa shape index (κ2) is 10.6. The number of unbranched alkanes of at least 4 members (excludes halogenated alkanes) is 2. The van der Waals surface area contributed by atoms with Crippen LogP contribution in [0.3, 0.4) is 0 Å². The quantitative estimate of drug-likeness (QED) is 0.299. The van der Waals surface area contributed by atoms with Crippen LogP contribution >= 0.6 is 11.8 Å². The number of amides is 1. The predicted octanol–water partition coefficient (Wildman–Crippen LogP) is 4.70. The summed E-state index contributed by atoms with van der Waals surface area (Å²) in [5.74, 6) is 0.129. The third kappa shape index (κ3) is 6.02. The lowest BCUT2D eigenvalue weighted by atomic mass is 10.1. The summed E-state index contributed by atoms with van der Waals surface area (Å²) in [6.07, 6.45) is 5.11. The number of hydrogen-bond donors (Lipinski definition) is 1. The summed E-state index contributed by atoms with van der Waals surface area (Å²) < 4.78 is 2.00. The minimum atomic E-state index is -0.178. The van der Waals surface area contributed by atoms with Gasteiger partial charge in [0.1, 0.15) is 6.33 Å². The van der Waals surface area contributed by atoms with E-state index in [0.29, 0.717) is 22.6 Å². The van der Waals surface area contributed by atoms with Crippen LogP contribution in [0.25, 0.3) is 0 Å². The molecule has 3 aromatic rings. The maximum atomic E-state index is 12.5. The van der Waals surface area contributed by atoms with E-state index in [0.717, 1.165) is 31.0 Å². The van der Waals surface area contributed by atoms with Gasteiger partial charge in [-0.3, -0.25) is 9.59 Å². The SMILES string of the molecule is CCCCCn1cnnc1SCC(=O)c1ccc(NC(=O)c2ccccc2)cc1. The fraction of sp³-hybridized carbons (Fsp3) is 0.273. The Bertz CT molecular complexity index is 939. The second-order valence-corrected chi connectivity index (χ2v) is 7.57. The van der Waals surface area contributed by atoms with E-state index >= 15 is 0 Å². The van der Waals surface area contributed by atoms with E-state index in [1.165, 1.54) is 11.8 Å². The van der Waals surface area contributed by atoms with Gasteiger partial charge >= 0.3 is 0 Å². The third-order valence-corrected chi connectivity index (χ3v) is 5.40. The molecule has 0 fully saturated rings. The van der Waals surface area contributed by atoms with Crippen molar-refractivity contribution in [2.75, 3.05) is 11.1 Å². The van der Waals surface area contributed by atoms with E-state index in [1.807, 2.05) is 22.8 Å². The number of ketones is 1. The zero-order valence-corrected chi connectivity index (χ0v) is 17.2. The van der Waals surface area contributed by atoms with Crippen molar-refractivity contribution in [3.8, 4) is 0 Å². The van der Waals surface area contributed by atoms with Crippen molar-refractivity contribution in [3.05, 3.63) is 72.1 Å². The number of hydrogen-bond acceptors (Lipinski definition) is 5. The third-order valence-electron chi connectivity index (χ3n) is 4.42. The minimum Gasteiger partial charge on any atom is -0.322 e. The van der Waals surface area contributed by atoms with Gasteiger partial charge in [0, 0.05) is 23.4 Å². The first-order chi connectivity index (χ1) is 14.2. The summed E-state index contributed by atoms with van der Waals surface area (Å²) >= 11 is 1.40. The highest BCUT2D eigenvalue weighted by atomic mass is 32.2. The number of rotatable bonds is 10. The molecule has 29 heavy (non-hydrogen) atoms. The normalized spacial score (nSPS) is 10.7. The van der Waals surface area contributed by atoms with Crippen molar-refractivity contribution in [2.45, 2.75) is 37.9 Å². The molecular weight excluding hydrogens is 384 g/mol. The maximum Gasteiger partial charge on any atom is 0.255 e. The number of aryl methyl sites for hydroxylation is 1. The topological polar surface area (TPSA) is 76.9 Å². The maximum absolute atomic E-state index is 12.5. The molecule has 0 aliphatic heterocycles. The summed E-state index contributed by atoms with van der Waals surface area (Å²) in [6.45, 7) is 3.03. The van der Waals surface area contributed by atoms with Crippen molar-refractivity contribution in [1.29, 1.82) is 0 Å². The van der Waals surface area contributed by atoms with E-state index in [4.69, 9.17) is 0 Å². The Labute approximate surface area is 174 Å². The largest absolute Gasteiger partial charge is 0.322 e. The van der Waals surface area contributed by atoms with E-state index in [9.17, 15) is 9.59 Å². The molecule has 3 rings (SSSR count). The zero-order chi connectivity index (χ0) is 20.5. The molecule has 0 bridgehead atoms. The van der Waals surface area contributed by atoms with Crippen molar-refractivity contribution >= 4 is 29.1 Å². The van der Waals surface area contributed by atoms with E-state index in [2.05, 4.69) is 22.4 Å². The number of nitrogens with zero attached hydrogens (tertiary/aromatic N) is 3. The Morgan fingerprint density at radius 2 is 1.76 bits per heavy atom. The molecule has 0 spiro atoms. The fourth-order valence-corrected chi connectivity index (χ4v) is 3.62. The highest BCUT2D eigenvalue weighted by Gasteiger charge is 2.11. The average Bonchev–Trinajstić information content (AvgIpc) is 3.20. The molecule has 0 saturated heterocycles. The van der Waals surface area contributed by atoms with Gasteiger partial charge in [-0.1, -0.05) is 49.7 Å². The van der Waals surface area contributed by atoms with Crippen LogP contribution in [0.4, 0.5) is 5.69 Å². The van der Waals surface area contributed by atoms with E-state index in [-0.39, 0.29) is 11.7 Å². The van der Waals surface area contributed by atoms with Gasteiger partial charge in [0.15, 0.2) is 10.9 Å². The smallest absolute Gasteiger partial charge is 0.255 e. The van der Waals surface area contributed by atoms with Crippen molar-refractivity contribution < 1.29 is 9.59 Å². The second-order valence-electron chi connectivity index (χ2n) is 6.62. The Morgan fingerprint density at radius 3 is 2.48 bits per heavy atom. The predicted molar refractivity (Wildman–Crippen MR) is 115 cm³/mol. The molecule has 7 heteroatoms. The van der Waals surface area contributed by atoms with Crippen LogP contribution in [0, 0.1) is 0 Å². The number of carbonyl (C=O) groups is 2. The first kappa shape index (κ1) is 20.8. The molecule has 1 amide bonds. The highest BCUT2D eigenvalue weighted by molar-refractivity contribution is 7.99. The van der Waals surface area contributed by atoms with Gasteiger partial charge in [-0.25, -0.2) is 0 Å². The molecule has 2 aromatic carbocycles. The van der Waals surface area contributed by atoms with Crippen LogP contribution in [0.1, 0.15) is 46.9 Å². The average molecular weight is 409 g/mol. The molecule has 0 radical (unpaired) electrons. The van der Waals surface area contributed by atoms with E-state index in [1.54, 1.807) is 42.7 Å². The van der Waals surface area contributed by atoms with Gasteiger partial charge in [-0.15, -0.1) is 10.2 Å². The molecule has 150 valence electrons. The lowest BCUT2D eigenvalue weighted by Crippen LogP contribution is -2.12. The summed E-state index contributed by atoms with van der Waals surface area (Å²) in [7, 11) is 0. The molecule has 0 aliphatic rings. The summed E-state index contributed by atoms with van der Waals surface area (Å²) in [6, 6.07) is 16.0. The Kier molecular flexibility index (Phi) is 7.58. The summed E-state index contributed by atoms with van der Waals surface area (Å²) in [5, 5.41) is 11.7. The lowest BCUT2D eigenvalue weighted by Gasteiger charge is -2.07. The molecule has 0 saturated carbocycles. The van der Waals surface area contributed by atoms with Crippen molar-refractivity contribution in [2.24, 2.45) is 0 Å². The van der Waals surface area contributed by atoms with Crippen LogP contribution in [0.15, 0.2) is 66.1 Å². The first-order valence-corrected chi connectivity index (χ1v) is 10.7. The number of carbonyl (C=O) groups excluding carboxylic acids is 2. The van der Waals surface area contributed by atoms with Crippen LogP contribution in [-0.2, 0) is 6.54 Å². The Morgan fingerprint density at radius 1 is 1.00 bits per heavy atom. The molecule has 0 aliphatic carbocycles. The number of aromatic nitrogens is 3. The molecule has 6 nitrogen and oxygen atoms in total. The van der Waals surface area contributed by atoms with Gasteiger partial charge in [0.2, 0.25) is 0 Å². The van der Waals surface area contributed by atoms with Gasteiger partial charge in [0.25, 0.3) is 5.91 Å². The summed E-state index contributed by atoms with van der Waals surface area (Å²) in [5.41, 5.74) is 1.85. The van der Waals surface area contributed by atoms with Gasteiger partial charge < -0.3 is 9.88 Å². The molecule has 1 heterocycles. The molecule has 0 unspecified atom stereocenters. The zero-order valence-electron chi connectivity index (χ0n) is 16.4. The lowest BCUT2D eigenvalue weighted by molar-refractivity contribution is 0.101. The van der Waals surface area contributed by atoms with E-state index < -0.39 is 0 Å². The van der Waals surface area contributed by atoms with Crippen molar-refractivity contribution in [1.82, 2.24) is 14.8 Å². The van der Waals surface area contributed by atoms with Crippen LogP contribution in [-0.4, -0.2) is 32.2 Å². The number of benzene rings is 2. The number of thioether (sulfide) groups is 1. The molecular formula is C22H24N4O2S. The van der Waals surface area contributed by atoms with Crippen LogP contribution in [0.5, 0.6) is 0 Å². The Balaban J connectivity index is 1.53. The number of nitrogens with one attached hydrogen (secondary N) is 1. The fourth-order valence-electron chi connectivity index (χ4n) is 2.79.